The van der Waals surface area contributed by atoms with Crippen molar-refractivity contribution in [2.24, 2.45) is 0 Å². The highest BCUT2D eigenvalue weighted by Crippen LogP contribution is 2.30. The Hall–Kier alpha value is -2.82. The third-order valence-electron chi connectivity index (χ3n) is 4.69. The minimum atomic E-state index is -1.57. The molecule has 6 N–H and O–H groups in total. The molecule has 1 heterocycles. The zero-order valence-corrected chi connectivity index (χ0v) is 16.1. The zero-order chi connectivity index (χ0) is 21.8. The SMILES string of the molecule is COc1ccc(C=Cc2cc(O)cc(OC3O[C@H](CO)[C@@H](O)[C@H](O)[C@H]3O)c2)cc1O. The van der Waals surface area contributed by atoms with Crippen molar-refractivity contribution in [3.05, 3.63) is 47.5 Å². The van der Waals surface area contributed by atoms with Crippen LogP contribution in [0.5, 0.6) is 23.0 Å². The minimum Gasteiger partial charge on any atom is -0.508 e. The summed E-state index contributed by atoms with van der Waals surface area (Å²) in [7, 11) is 1.45. The summed E-state index contributed by atoms with van der Waals surface area (Å²) in [6.45, 7) is -0.576. The Morgan fingerprint density at radius 2 is 1.67 bits per heavy atom. The molecule has 3 rings (SSSR count). The maximum Gasteiger partial charge on any atom is 0.229 e. The van der Waals surface area contributed by atoms with E-state index in [4.69, 9.17) is 14.2 Å². The van der Waals surface area contributed by atoms with Gasteiger partial charge < -0.3 is 44.8 Å². The van der Waals surface area contributed by atoms with E-state index in [1.54, 1.807) is 30.4 Å². The monoisotopic (exact) mass is 420 g/mol. The van der Waals surface area contributed by atoms with Gasteiger partial charge in [0.1, 0.15) is 35.9 Å². The fourth-order valence-corrected chi connectivity index (χ4v) is 3.07. The van der Waals surface area contributed by atoms with Crippen LogP contribution in [0.2, 0.25) is 0 Å². The third kappa shape index (κ3) is 4.84. The number of aromatic hydroxyl groups is 2. The number of aliphatic hydroxyl groups excluding tert-OH is 4. The van der Waals surface area contributed by atoms with Crippen molar-refractivity contribution in [3.8, 4) is 23.0 Å². The van der Waals surface area contributed by atoms with E-state index in [1.165, 1.54) is 25.3 Å². The molecule has 9 heteroatoms. The van der Waals surface area contributed by atoms with Crippen molar-refractivity contribution in [2.45, 2.75) is 30.7 Å². The fourth-order valence-electron chi connectivity index (χ4n) is 3.07. The predicted molar refractivity (Wildman–Crippen MR) is 106 cm³/mol. The van der Waals surface area contributed by atoms with E-state index in [1.807, 2.05) is 0 Å². The van der Waals surface area contributed by atoms with Crippen molar-refractivity contribution < 1.29 is 44.8 Å². The van der Waals surface area contributed by atoms with Crippen LogP contribution in [-0.2, 0) is 4.74 Å². The first-order valence-corrected chi connectivity index (χ1v) is 9.18. The number of phenols is 2. The van der Waals surface area contributed by atoms with Gasteiger partial charge in [0.2, 0.25) is 6.29 Å². The summed E-state index contributed by atoms with van der Waals surface area (Å²) in [4.78, 5) is 0. The number of benzene rings is 2. The van der Waals surface area contributed by atoms with Crippen LogP contribution in [0.15, 0.2) is 36.4 Å². The van der Waals surface area contributed by atoms with Crippen molar-refractivity contribution >= 4 is 12.2 Å². The molecule has 30 heavy (non-hydrogen) atoms. The first-order chi connectivity index (χ1) is 14.3. The highest BCUT2D eigenvalue weighted by molar-refractivity contribution is 5.72. The zero-order valence-electron chi connectivity index (χ0n) is 16.1. The van der Waals surface area contributed by atoms with Gasteiger partial charge in [-0.2, -0.15) is 0 Å². The lowest BCUT2D eigenvalue weighted by molar-refractivity contribution is -0.277. The Labute approximate surface area is 172 Å². The molecule has 0 spiro atoms. The van der Waals surface area contributed by atoms with Crippen molar-refractivity contribution in [2.75, 3.05) is 13.7 Å². The van der Waals surface area contributed by atoms with Gasteiger partial charge in [-0.3, -0.25) is 0 Å². The number of rotatable bonds is 6. The predicted octanol–water partition coefficient (Wildman–Crippen LogP) is 0.455. The Balaban J connectivity index is 1.77. The smallest absolute Gasteiger partial charge is 0.229 e. The number of methoxy groups -OCH3 is 1. The second-order valence-electron chi connectivity index (χ2n) is 6.84. The number of hydrogen-bond donors (Lipinski definition) is 6. The molecule has 1 unspecified atom stereocenters. The molecule has 162 valence electrons. The maximum atomic E-state index is 10.1. The van der Waals surface area contributed by atoms with Crippen molar-refractivity contribution in [1.82, 2.24) is 0 Å². The van der Waals surface area contributed by atoms with Gasteiger partial charge in [0, 0.05) is 6.07 Å². The van der Waals surface area contributed by atoms with Crippen LogP contribution in [0.4, 0.5) is 0 Å². The second-order valence-corrected chi connectivity index (χ2v) is 6.84. The second kappa shape index (κ2) is 9.33. The van der Waals surface area contributed by atoms with Crippen LogP contribution in [-0.4, -0.2) is 75.1 Å². The van der Waals surface area contributed by atoms with Gasteiger partial charge >= 0.3 is 0 Å². The van der Waals surface area contributed by atoms with Crippen molar-refractivity contribution in [3.63, 3.8) is 0 Å². The quantitative estimate of drug-likeness (QED) is 0.366. The topological polar surface area (TPSA) is 149 Å². The molecule has 9 nitrogen and oxygen atoms in total. The fraction of sp³-hybridized carbons (Fsp3) is 0.333. The van der Waals surface area contributed by atoms with E-state index in [-0.39, 0.29) is 17.2 Å². The molecule has 1 aliphatic rings. The van der Waals surface area contributed by atoms with E-state index < -0.39 is 37.3 Å². The molecule has 5 atom stereocenters. The first-order valence-electron chi connectivity index (χ1n) is 9.18. The lowest BCUT2D eigenvalue weighted by atomic mass is 9.99. The maximum absolute atomic E-state index is 10.1. The lowest BCUT2D eigenvalue weighted by Crippen LogP contribution is -2.60. The summed E-state index contributed by atoms with van der Waals surface area (Å²) in [5, 5.41) is 58.9. The molecule has 0 bridgehead atoms. The highest BCUT2D eigenvalue weighted by atomic mass is 16.7. The molecule has 1 fully saturated rings. The molecule has 0 aromatic heterocycles. The highest BCUT2D eigenvalue weighted by Gasteiger charge is 2.44. The number of aliphatic hydroxyl groups is 4. The van der Waals surface area contributed by atoms with E-state index in [0.717, 1.165) is 0 Å². The van der Waals surface area contributed by atoms with E-state index >= 15 is 0 Å². The Morgan fingerprint density at radius 3 is 2.33 bits per heavy atom. The van der Waals surface area contributed by atoms with E-state index in [0.29, 0.717) is 16.9 Å². The van der Waals surface area contributed by atoms with Crippen LogP contribution < -0.4 is 9.47 Å². The van der Waals surface area contributed by atoms with Gasteiger partial charge in [-0.05, 0) is 35.4 Å². The summed E-state index contributed by atoms with van der Waals surface area (Å²) in [6, 6.07) is 9.19. The van der Waals surface area contributed by atoms with Gasteiger partial charge in [-0.25, -0.2) is 0 Å². The molecule has 2 aromatic carbocycles. The average Bonchev–Trinajstić information content (AvgIpc) is 2.72. The van der Waals surface area contributed by atoms with Crippen molar-refractivity contribution in [1.29, 1.82) is 0 Å². The molecular formula is C21H24O9. The first kappa shape index (κ1) is 21.9. The Bertz CT molecular complexity index is 896. The third-order valence-corrected chi connectivity index (χ3v) is 4.69. The average molecular weight is 420 g/mol. The molecule has 2 aromatic rings. The Kier molecular flexibility index (Phi) is 6.80. The molecular weight excluding hydrogens is 396 g/mol. The molecule has 0 amide bonds. The van der Waals surface area contributed by atoms with E-state index in [2.05, 4.69) is 0 Å². The lowest BCUT2D eigenvalue weighted by Gasteiger charge is -2.39. The molecule has 0 saturated carbocycles. The number of phenolic OH excluding ortho intramolecular Hbond substituents is 2. The standard InChI is InChI=1S/C21H24O9/c1-28-16-5-4-11(8-15(16)24)2-3-12-6-13(23)9-14(7-12)29-21-20(27)19(26)18(25)17(10-22)30-21/h2-9,17-27H,10H2,1H3/t17-,18-,19+,20-,21?/m1/s1. The van der Waals surface area contributed by atoms with Crippen LogP contribution >= 0.6 is 0 Å². The number of ether oxygens (including phenoxy) is 3. The van der Waals surface area contributed by atoms with Crippen LogP contribution in [0.3, 0.4) is 0 Å². The van der Waals surface area contributed by atoms with Crippen LogP contribution in [0, 0.1) is 0 Å². The van der Waals surface area contributed by atoms with Crippen LogP contribution in [0.25, 0.3) is 12.2 Å². The van der Waals surface area contributed by atoms with Crippen LogP contribution in [0.1, 0.15) is 11.1 Å². The number of hydrogen-bond acceptors (Lipinski definition) is 9. The van der Waals surface area contributed by atoms with Gasteiger partial charge in [0.25, 0.3) is 0 Å². The summed E-state index contributed by atoms with van der Waals surface area (Å²) < 4.78 is 15.8. The molecule has 0 radical (unpaired) electrons. The summed E-state index contributed by atoms with van der Waals surface area (Å²) >= 11 is 0. The molecule has 0 aliphatic carbocycles. The Morgan fingerprint density at radius 1 is 0.933 bits per heavy atom. The summed E-state index contributed by atoms with van der Waals surface area (Å²) in [5.41, 5.74) is 1.23. The summed E-state index contributed by atoms with van der Waals surface area (Å²) in [6.07, 6.45) is -3.72. The normalized spacial score (nSPS) is 26.6. The minimum absolute atomic E-state index is 0.0119. The van der Waals surface area contributed by atoms with Gasteiger partial charge in [0.05, 0.1) is 13.7 Å². The summed E-state index contributed by atoms with van der Waals surface area (Å²) in [5.74, 6) is 0.354. The van der Waals surface area contributed by atoms with Gasteiger partial charge in [-0.1, -0.05) is 18.2 Å². The molecule has 1 aliphatic heterocycles. The van der Waals surface area contributed by atoms with E-state index in [9.17, 15) is 30.6 Å². The van der Waals surface area contributed by atoms with Gasteiger partial charge in [0.15, 0.2) is 11.5 Å². The van der Waals surface area contributed by atoms with Gasteiger partial charge in [-0.15, -0.1) is 0 Å². The molecule has 1 saturated heterocycles. The largest absolute Gasteiger partial charge is 0.508 e.